The zero-order valence-electron chi connectivity index (χ0n) is 14.4. The van der Waals surface area contributed by atoms with Crippen molar-refractivity contribution >= 4 is 5.91 Å². The number of aromatic nitrogens is 2. The van der Waals surface area contributed by atoms with Gasteiger partial charge in [0, 0.05) is 38.6 Å². The average Bonchev–Trinajstić information content (AvgIpc) is 3.07. The Kier molecular flexibility index (Phi) is 4.55. The Morgan fingerprint density at radius 3 is 2.68 bits per heavy atom. The molecule has 2 aromatic rings. The van der Waals surface area contributed by atoms with E-state index in [1.807, 2.05) is 18.5 Å². The number of nitrogens with one attached hydrogen (secondary N) is 1. The number of imidazole rings is 1. The van der Waals surface area contributed by atoms with E-state index >= 15 is 0 Å². The highest BCUT2D eigenvalue weighted by atomic mass is 16.5. The predicted octanol–water partition coefficient (Wildman–Crippen LogP) is 1.41. The Balaban J connectivity index is 1.35. The lowest BCUT2D eigenvalue weighted by molar-refractivity contribution is -0.150. The second-order valence-electron chi connectivity index (χ2n) is 6.98. The molecule has 2 aliphatic rings. The number of morpholine rings is 1. The zero-order valence-corrected chi connectivity index (χ0v) is 14.4. The van der Waals surface area contributed by atoms with E-state index in [0.717, 1.165) is 44.8 Å². The molecule has 1 amide bonds. The lowest BCUT2D eigenvalue weighted by Crippen LogP contribution is -2.57. The summed E-state index contributed by atoms with van der Waals surface area (Å²) in [6, 6.07) is 10.5. The average molecular weight is 340 g/mol. The second kappa shape index (κ2) is 6.98. The van der Waals surface area contributed by atoms with Crippen molar-refractivity contribution in [3.63, 3.8) is 0 Å². The third kappa shape index (κ3) is 3.75. The summed E-state index contributed by atoms with van der Waals surface area (Å²) in [7, 11) is 0. The van der Waals surface area contributed by atoms with E-state index in [-0.39, 0.29) is 18.1 Å². The van der Waals surface area contributed by atoms with Crippen molar-refractivity contribution in [2.45, 2.75) is 31.5 Å². The van der Waals surface area contributed by atoms with Crippen LogP contribution < -0.4 is 5.32 Å². The number of rotatable bonds is 4. The minimum atomic E-state index is -0.163. The van der Waals surface area contributed by atoms with Gasteiger partial charge in [-0.05, 0) is 18.4 Å². The summed E-state index contributed by atoms with van der Waals surface area (Å²) >= 11 is 0. The fourth-order valence-corrected chi connectivity index (χ4v) is 3.64. The third-order valence-electron chi connectivity index (χ3n) is 5.25. The van der Waals surface area contributed by atoms with E-state index in [1.54, 1.807) is 0 Å². The van der Waals surface area contributed by atoms with Gasteiger partial charge >= 0.3 is 0 Å². The number of ether oxygens (including phenoxy) is 1. The van der Waals surface area contributed by atoms with E-state index in [2.05, 4.69) is 44.0 Å². The van der Waals surface area contributed by atoms with Crippen LogP contribution in [-0.2, 0) is 22.6 Å². The monoisotopic (exact) mass is 340 g/mol. The molecule has 132 valence electrons. The lowest BCUT2D eigenvalue weighted by Gasteiger charge is -2.43. The van der Waals surface area contributed by atoms with Crippen molar-refractivity contribution in [3.8, 4) is 0 Å². The SMILES string of the molecule is O=C1COC2(CCN(Cc3nccn3Cc3ccccc3)CC2)CN1. The van der Waals surface area contributed by atoms with Crippen molar-refractivity contribution in [2.75, 3.05) is 26.2 Å². The number of nitrogens with zero attached hydrogens (tertiary/aromatic N) is 3. The number of amides is 1. The molecule has 6 heteroatoms. The fraction of sp³-hybridized carbons (Fsp3) is 0.474. The van der Waals surface area contributed by atoms with Crippen molar-refractivity contribution in [2.24, 2.45) is 0 Å². The molecule has 1 aromatic carbocycles. The highest BCUT2D eigenvalue weighted by Gasteiger charge is 2.39. The van der Waals surface area contributed by atoms with Gasteiger partial charge in [0.1, 0.15) is 12.4 Å². The smallest absolute Gasteiger partial charge is 0.246 e. The largest absolute Gasteiger partial charge is 0.363 e. The fourth-order valence-electron chi connectivity index (χ4n) is 3.64. The first-order valence-corrected chi connectivity index (χ1v) is 8.89. The van der Waals surface area contributed by atoms with Gasteiger partial charge in [-0.2, -0.15) is 0 Å². The summed E-state index contributed by atoms with van der Waals surface area (Å²) in [5.41, 5.74) is 1.12. The number of carbonyl (C=O) groups excluding carboxylic acids is 1. The van der Waals surface area contributed by atoms with Crippen molar-refractivity contribution in [1.29, 1.82) is 0 Å². The van der Waals surface area contributed by atoms with Gasteiger partial charge in [-0.3, -0.25) is 9.69 Å². The number of carbonyl (C=O) groups is 1. The van der Waals surface area contributed by atoms with E-state index in [4.69, 9.17) is 4.74 Å². The number of piperidine rings is 1. The van der Waals surface area contributed by atoms with Gasteiger partial charge in [0.15, 0.2) is 0 Å². The number of likely N-dealkylation sites (tertiary alicyclic amines) is 1. The standard InChI is InChI=1S/C19H24N4O2/c24-18-14-25-19(15-21-18)6-9-22(10-7-19)13-17-20-8-11-23(17)12-16-4-2-1-3-5-16/h1-5,8,11H,6-7,9-10,12-15H2,(H,21,24). The van der Waals surface area contributed by atoms with Gasteiger partial charge < -0.3 is 14.6 Å². The highest BCUT2D eigenvalue weighted by molar-refractivity contribution is 5.78. The highest BCUT2D eigenvalue weighted by Crippen LogP contribution is 2.28. The van der Waals surface area contributed by atoms with Crippen LogP contribution in [0.3, 0.4) is 0 Å². The Bertz CT molecular complexity index is 708. The van der Waals surface area contributed by atoms with Crippen molar-refractivity contribution < 1.29 is 9.53 Å². The molecular formula is C19H24N4O2. The van der Waals surface area contributed by atoms with Crippen LogP contribution in [0.2, 0.25) is 0 Å². The summed E-state index contributed by atoms with van der Waals surface area (Å²) in [5, 5.41) is 2.94. The summed E-state index contributed by atoms with van der Waals surface area (Å²) < 4.78 is 8.06. The predicted molar refractivity (Wildman–Crippen MR) is 94.0 cm³/mol. The van der Waals surface area contributed by atoms with Crippen molar-refractivity contribution in [3.05, 3.63) is 54.1 Å². The summed E-state index contributed by atoms with van der Waals surface area (Å²) in [5.74, 6) is 1.09. The van der Waals surface area contributed by atoms with Gasteiger partial charge in [0.2, 0.25) is 5.91 Å². The Morgan fingerprint density at radius 1 is 1.16 bits per heavy atom. The molecular weight excluding hydrogens is 316 g/mol. The van der Waals surface area contributed by atoms with Crippen LogP contribution in [0.5, 0.6) is 0 Å². The first-order chi connectivity index (χ1) is 12.2. The second-order valence-corrected chi connectivity index (χ2v) is 6.98. The molecule has 0 bridgehead atoms. The van der Waals surface area contributed by atoms with Crippen LogP contribution in [-0.4, -0.2) is 52.2 Å². The first-order valence-electron chi connectivity index (χ1n) is 8.89. The Hall–Kier alpha value is -2.18. The number of benzene rings is 1. The molecule has 0 unspecified atom stereocenters. The van der Waals surface area contributed by atoms with Crippen LogP contribution in [0.15, 0.2) is 42.7 Å². The Morgan fingerprint density at radius 2 is 1.96 bits per heavy atom. The van der Waals surface area contributed by atoms with E-state index in [1.165, 1.54) is 5.56 Å². The molecule has 2 saturated heterocycles. The number of hydrogen-bond acceptors (Lipinski definition) is 4. The van der Waals surface area contributed by atoms with Crippen LogP contribution in [0, 0.1) is 0 Å². The van der Waals surface area contributed by atoms with Gasteiger partial charge in [-0.1, -0.05) is 30.3 Å². The quantitative estimate of drug-likeness (QED) is 0.914. The van der Waals surface area contributed by atoms with Crippen molar-refractivity contribution in [1.82, 2.24) is 19.8 Å². The summed E-state index contributed by atoms with van der Waals surface area (Å²) in [6.07, 6.45) is 5.83. The van der Waals surface area contributed by atoms with Crippen LogP contribution in [0.1, 0.15) is 24.2 Å². The Labute approximate surface area is 147 Å². The minimum absolute atomic E-state index is 0.00371. The molecule has 0 saturated carbocycles. The van der Waals surface area contributed by atoms with Gasteiger partial charge in [-0.15, -0.1) is 0 Å². The van der Waals surface area contributed by atoms with Crippen LogP contribution in [0.4, 0.5) is 0 Å². The van der Waals surface area contributed by atoms with E-state index in [9.17, 15) is 4.79 Å². The molecule has 0 radical (unpaired) electrons. The lowest BCUT2D eigenvalue weighted by atomic mass is 9.90. The summed E-state index contributed by atoms with van der Waals surface area (Å²) in [4.78, 5) is 18.3. The van der Waals surface area contributed by atoms with Gasteiger partial charge in [-0.25, -0.2) is 4.98 Å². The molecule has 4 rings (SSSR count). The van der Waals surface area contributed by atoms with Gasteiger partial charge in [0.05, 0.1) is 12.1 Å². The molecule has 0 aliphatic carbocycles. The van der Waals surface area contributed by atoms with Crippen LogP contribution >= 0.6 is 0 Å². The molecule has 2 fully saturated rings. The number of hydrogen-bond donors (Lipinski definition) is 1. The topological polar surface area (TPSA) is 59.4 Å². The minimum Gasteiger partial charge on any atom is -0.363 e. The van der Waals surface area contributed by atoms with E-state index in [0.29, 0.717) is 6.54 Å². The molecule has 1 aromatic heterocycles. The maximum atomic E-state index is 11.3. The third-order valence-corrected chi connectivity index (χ3v) is 5.25. The first kappa shape index (κ1) is 16.3. The molecule has 2 aliphatic heterocycles. The normalized spacial score (nSPS) is 20.6. The molecule has 25 heavy (non-hydrogen) atoms. The zero-order chi connectivity index (χ0) is 17.1. The van der Waals surface area contributed by atoms with Crippen LogP contribution in [0.25, 0.3) is 0 Å². The van der Waals surface area contributed by atoms with Gasteiger partial charge in [0.25, 0.3) is 0 Å². The maximum absolute atomic E-state index is 11.3. The van der Waals surface area contributed by atoms with E-state index < -0.39 is 0 Å². The molecule has 0 atom stereocenters. The maximum Gasteiger partial charge on any atom is 0.246 e. The molecule has 1 spiro atoms. The summed E-state index contributed by atoms with van der Waals surface area (Å²) in [6.45, 7) is 4.47. The molecule has 6 nitrogen and oxygen atoms in total. The molecule has 3 heterocycles. The molecule has 1 N–H and O–H groups in total.